The number of ether oxygens (including phenoxy) is 1. The number of aryl methyl sites for hydroxylation is 1. The zero-order chi connectivity index (χ0) is 16.8. The number of esters is 1. The number of hydrogen-bond acceptors (Lipinski definition) is 5. The van der Waals surface area contributed by atoms with Crippen LogP contribution >= 0.6 is 11.3 Å². The quantitative estimate of drug-likeness (QED) is 0.518. The largest absolute Gasteiger partial charge is 0.448 e. The number of thiazole rings is 1. The summed E-state index contributed by atoms with van der Waals surface area (Å²) in [4.78, 5) is 20.8. The van der Waals surface area contributed by atoms with Crippen LogP contribution in [0.4, 0.5) is 0 Å². The van der Waals surface area contributed by atoms with E-state index in [1.165, 1.54) is 17.4 Å². The first-order valence-electron chi connectivity index (χ1n) is 7.49. The van der Waals surface area contributed by atoms with Gasteiger partial charge in [0.05, 0.1) is 16.4 Å². The van der Waals surface area contributed by atoms with E-state index >= 15 is 0 Å². The zero-order valence-corrected chi connectivity index (χ0v) is 13.9. The number of nitrogens with zero attached hydrogens (tertiary/aromatic N) is 2. The minimum Gasteiger partial charge on any atom is -0.448 e. The van der Waals surface area contributed by atoms with Crippen molar-refractivity contribution >= 4 is 23.4 Å². The fraction of sp³-hybridized carbons (Fsp3) is 0.105. The van der Waals surface area contributed by atoms with Crippen LogP contribution in [-0.4, -0.2) is 15.9 Å². The lowest BCUT2D eigenvalue weighted by Crippen LogP contribution is -2.12. The van der Waals surface area contributed by atoms with E-state index < -0.39 is 12.1 Å². The van der Waals surface area contributed by atoms with E-state index in [4.69, 9.17) is 4.74 Å². The lowest BCUT2D eigenvalue weighted by atomic mass is 10.1. The van der Waals surface area contributed by atoms with E-state index in [9.17, 15) is 4.79 Å². The van der Waals surface area contributed by atoms with E-state index in [1.54, 1.807) is 12.3 Å². The van der Waals surface area contributed by atoms with Gasteiger partial charge in [-0.2, -0.15) is 0 Å². The van der Waals surface area contributed by atoms with Gasteiger partial charge in [0.2, 0.25) is 0 Å². The maximum Gasteiger partial charge on any atom is 0.331 e. The molecule has 0 aliphatic rings. The molecule has 0 aliphatic carbocycles. The Bertz CT molecular complexity index is 789. The maximum atomic E-state index is 12.2. The molecule has 3 aromatic rings. The van der Waals surface area contributed by atoms with Gasteiger partial charge in [-0.1, -0.05) is 36.4 Å². The average molecular weight is 336 g/mol. The summed E-state index contributed by atoms with van der Waals surface area (Å²) in [6, 6.07) is 15.1. The number of carbonyl (C=O) groups is 1. The average Bonchev–Trinajstić information content (AvgIpc) is 3.05. The maximum absolute atomic E-state index is 12.2. The number of aromatic nitrogens is 2. The molecule has 0 amide bonds. The highest BCUT2D eigenvalue weighted by Gasteiger charge is 2.18. The third-order valence-corrected chi connectivity index (χ3v) is 4.11. The van der Waals surface area contributed by atoms with Crippen molar-refractivity contribution in [2.75, 3.05) is 0 Å². The van der Waals surface area contributed by atoms with Gasteiger partial charge in [-0.25, -0.2) is 9.78 Å². The molecular weight excluding hydrogens is 320 g/mol. The third kappa shape index (κ3) is 4.14. The summed E-state index contributed by atoms with van der Waals surface area (Å²) in [5.41, 5.74) is 2.32. The predicted octanol–water partition coefficient (Wildman–Crippen LogP) is 4.19. The highest BCUT2D eigenvalue weighted by molar-refractivity contribution is 7.09. The molecule has 1 aromatic carbocycles. The molecule has 0 N–H and O–H groups in total. The zero-order valence-electron chi connectivity index (χ0n) is 13.1. The lowest BCUT2D eigenvalue weighted by Gasteiger charge is -2.16. The Labute approximate surface area is 144 Å². The molecule has 24 heavy (non-hydrogen) atoms. The molecular formula is C19H16N2O2S. The molecule has 1 unspecified atom stereocenters. The van der Waals surface area contributed by atoms with Crippen LogP contribution in [0.15, 0.2) is 66.2 Å². The predicted molar refractivity (Wildman–Crippen MR) is 94.5 cm³/mol. The summed E-state index contributed by atoms with van der Waals surface area (Å²) >= 11 is 1.54. The van der Waals surface area contributed by atoms with Crippen molar-refractivity contribution in [3.63, 3.8) is 0 Å². The lowest BCUT2D eigenvalue weighted by molar-refractivity contribution is -0.141. The Morgan fingerprint density at radius 2 is 1.96 bits per heavy atom. The molecule has 0 fully saturated rings. The summed E-state index contributed by atoms with van der Waals surface area (Å²) < 4.78 is 5.64. The van der Waals surface area contributed by atoms with Gasteiger partial charge in [-0.05, 0) is 30.7 Å². The van der Waals surface area contributed by atoms with Crippen LogP contribution in [-0.2, 0) is 9.53 Å². The van der Waals surface area contributed by atoms with Gasteiger partial charge < -0.3 is 4.74 Å². The van der Waals surface area contributed by atoms with E-state index in [-0.39, 0.29) is 0 Å². The molecule has 1 atom stereocenters. The van der Waals surface area contributed by atoms with Crippen molar-refractivity contribution in [2.24, 2.45) is 0 Å². The summed E-state index contributed by atoms with van der Waals surface area (Å²) in [5, 5.41) is 2.85. The van der Waals surface area contributed by atoms with Gasteiger partial charge in [0.25, 0.3) is 0 Å². The summed E-state index contributed by atoms with van der Waals surface area (Å²) in [6.45, 7) is 1.92. The van der Waals surface area contributed by atoms with Crippen LogP contribution in [0.25, 0.3) is 6.08 Å². The SMILES string of the molecule is Cc1nc(/C=C/C(=O)OC(c2ccccc2)c2ccccn2)cs1. The Balaban J connectivity index is 1.79. The van der Waals surface area contributed by atoms with Gasteiger partial charge in [0, 0.05) is 17.7 Å². The fourth-order valence-corrected chi connectivity index (χ4v) is 2.80. The van der Waals surface area contributed by atoms with Gasteiger partial charge in [0.1, 0.15) is 0 Å². The number of pyridine rings is 1. The van der Waals surface area contributed by atoms with E-state index in [0.717, 1.165) is 16.3 Å². The highest BCUT2D eigenvalue weighted by atomic mass is 32.1. The third-order valence-electron chi connectivity index (χ3n) is 3.32. The molecule has 5 heteroatoms. The number of rotatable bonds is 5. The number of benzene rings is 1. The van der Waals surface area contributed by atoms with Crippen LogP contribution < -0.4 is 0 Å². The molecule has 0 radical (unpaired) electrons. The van der Waals surface area contributed by atoms with Crippen molar-refractivity contribution in [1.29, 1.82) is 0 Å². The van der Waals surface area contributed by atoms with Crippen LogP contribution in [0.1, 0.15) is 28.1 Å². The number of hydrogen-bond donors (Lipinski definition) is 0. The van der Waals surface area contributed by atoms with Crippen LogP contribution in [0.3, 0.4) is 0 Å². The molecule has 120 valence electrons. The topological polar surface area (TPSA) is 52.1 Å². The second-order valence-electron chi connectivity index (χ2n) is 5.11. The van der Waals surface area contributed by atoms with Gasteiger partial charge >= 0.3 is 5.97 Å². The standard InChI is InChI=1S/C19H16N2O2S/c1-14-21-16(13-24-14)10-11-18(22)23-19(15-7-3-2-4-8-15)17-9-5-6-12-20-17/h2-13,19H,1H3/b11-10+. The monoisotopic (exact) mass is 336 g/mol. The van der Waals surface area contributed by atoms with Gasteiger partial charge in [-0.3, -0.25) is 4.98 Å². The van der Waals surface area contributed by atoms with Crippen molar-refractivity contribution in [1.82, 2.24) is 9.97 Å². The second-order valence-corrected chi connectivity index (χ2v) is 6.17. The van der Waals surface area contributed by atoms with E-state index in [2.05, 4.69) is 9.97 Å². The van der Waals surface area contributed by atoms with Crippen LogP contribution in [0, 0.1) is 6.92 Å². The molecule has 3 rings (SSSR count). The van der Waals surface area contributed by atoms with E-state index in [0.29, 0.717) is 5.69 Å². The first-order valence-corrected chi connectivity index (χ1v) is 8.37. The molecule has 0 spiro atoms. The molecule has 4 nitrogen and oxygen atoms in total. The Kier molecular flexibility index (Phi) is 5.13. The summed E-state index contributed by atoms with van der Waals surface area (Å²) in [7, 11) is 0. The van der Waals surface area contributed by atoms with Crippen LogP contribution in [0.5, 0.6) is 0 Å². The Morgan fingerprint density at radius 3 is 2.62 bits per heavy atom. The highest BCUT2D eigenvalue weighted by Crippen LogP contribution is 2.24. The van der Waals surface area contributed by atoms with Crippen molar-refractivity contribution in [3.05, 3.63) is 88.1 Å². The summed E-state index contributed by atoms with van der Waals surface area (Å²) in [6.07, 6.45) is 4.20. The normalized spacial score (nSPS) is 12.2. The Hall–Kier alpha value is -2.79. The first kappa shape index (κ1) is 16.1. The second kappa shape index (κ2) is 7.66. The molecule has 0 saturated carbocycles. The number of carbonyl (C=O) groups excluding carboxylic acids is 1. The molecule has 2 aromatic heterocycles. The molecule has 0 saturated heterocycles. The minimum atomic E-state index is -0.540. The van der Waals surface area contributed by atoms with Crippen LogP contribution in [0.2, 0.25) is 0 Å². The van der Waals surface area contributed by atoms with Crippen molar-refractivity contribution < 1.29 is 9.53 Å². The molecule has 0 aliphatic heterocycles. The summed E-state index contributed by atoms with van der Waals surface area (Å²) in [5.74, 6) is -0.430. The molecule has 0 bridgehead atoms. The molecule has 2 heterocycles. The Morgan fingerprint density at radius 1 is 1.17 bits per heavy atom. The first-order chi connectivity index (χ1) is 11.7. The minimum absolute atomic E-state index is 0.430. The van der Waals surface area contributed by atoms with E-state index in [1.807, 2.05) is 60.8 Å². The van der Waals surface area contributed by atoms with Gasteiger partial charge in [0.15, 0.2) is 6.10 Å². The van der Waals surface area contributed by atoms with Crippen molar-refractivity contribution in [3.8, 4) is 0 Å². The van der Waals surface area contributed by atoms with Gasteiger partial charge in [-0.15, -0.1) is 11.3 Å². The van der Waals surface area contributed by atoms with Crippen molar-refractivity contribution in [2.45, 2.75) is 13.0 Å². The fourth-order valence-electron chi connectivity index (χ4n) is 2.22. The smallest absolute Gasteiger partial charge is 0.331 e.